The molecule has 0 radical (unpaired) electrons. The first-order valence-corrected chi connectivity index (χ1v) is 10.7. The number of halogens is 1. The van der Waals surface area contributed by atoms with Crippen molar-refractivity contribution in [2.45, 2.75) is 0 Å². The van der Waals surface area contributed by atoms with Crippen molar-refractivity contribution in [3.63, 3.8) is 0 Å². The average molecular weight is 481 g/mol. The lowest BCUT2D eigenvalue weighted by Crippen LogP contribution is -2.47. The smallest absolute Gasteiger partial charge is 0.337 e. The van der Waals surface area contributed by atoms with E-state index >= 15 is 0 Å². The summed E-state index contributed by atoms with van der Waals surface area (Å²) in [5.74, 6) is -0.394. The summed E-state index contributed by atoms with van der Waals surface area (Å²) in [7, 11) is 0. The van der Waals surface area contributed by atoms with E-state index in [0.717, 1.165) is 23.4 Å². The molecule has 0 spiro atoms. The summed E-state index contributed by atoms with van der Waals surface area (Å²) in [6.45, 7) is 2.86. The molecule has 0 bridgehead atoms. The summed E-state index contributed by atoms with van der Waals surface area (Å²) >= 11 is 3.34. The SMILES string of the molecule is O=C(Nc1ccc(N2CCN(c3ccccn3)CC2)c(C(=O)O)c1)c1ccc(Br)cc1. The first-order chi connectivity index (χ1) is 15.0. The number of amides is 1. The van der Waals surface area contributed by atoms with E-state index in [4.69, 9.17) is 0 Å². The maximum absolute atomic E-state index is 12.5. The van der Waals surface area contributed by atoms with Gasteiger partial charge in [-0.15, -0.1) is 0 Å². The predicted molar refractivity (Wildman–Crippen MR) is 124 cm³/mol. The van der Waals surface area contributed by atoms with Crippen LogP contribution in [0.25, 0.3) is 0 Å². The van der Waals surface area contributed by atoms with Crippen molar-refractivity contribution in [2.24, 2.45) is 0 Å². The van der Waals surface area contributed by atoms with Gasteiger partial charge in [-0.3, -0.25) is 4.79 Å². The van der Waals surface area contributed by atoms with E-state index in [9.17, 15) is 14.7 Å². The largest absolute Gasteiger partial charge is 0.478 e. The van der Waals surface area contributed by atoms with E-state index in [2.05, 4.69) is 36.0 Å². The van der Waals surface area contributed by atoms with Crippen LogP contribution in [0.3, 0.4) is 0 Å². The number of pyridine rings is 1. The van der Waals surface area contributed by atoms with Gasteiger partial charge in [-0.2, -0.15) is 0 Å². The van der Waals surface area contributed by atoms with Crippen molar-refractivity contribution >= 4 is 45.0 Å². The molecule has 2 heterocycles. The Morgan fingerprint density at radius 2 is 1.65 bits per heavy atom. The summed E-state index contributed by atoms with van der Waals surface area (Å²) < 4.78 is 0.879. The van der Waals surface area contributed by atoms with Crippen LogP contribution in [0.15, 0.2) is 71.3 Å². The van der Waals surface area contributed by atoms with Gasteiger partial charge in [0.2, 0.25) is 0 Å². The van der Waals surface area contributed by atoms with Crippen molar-refractivity contribution < 1.29 is 14.7 Å². The molecule has 158 valence electrons. The Kier molecular flexibility index (Phi) is 6.18. The summed E-state index contributed by atoms with van der Waals surface area (Å²) in [4.78, 5) is 33.0. The van der Waals surface area contributed by atoms with Crippen LogP contribution in [0.4, 0.5) is 17.2 Å². The molecule has 1 aliphatic rings. The van der Waals surface area contributed by atoms with Crippen LogP contribution in [0, 0.1) is 0 Å². The van der Waals surface area contributed by atoms with Crippen LogP contribution >= 0.6 is 15.9 Å². The molecule has 2 N–H and O–H groups in total. The van der Waals surface area contributed by atoms with Gasteiger partial charge in [-0.1, -0.05) is 22.0 Å². The molecule has 0 unspecified atom stereocenters. The van der Waals surface area contributed by atoms with Crippen LogP contribution in [0.2, 0.25) is 0 Å². The molecule has 1 saturated heterocycles. The molecule has 31 heavy (non-hydrogen) atoms. The van der Waals surface area contributed by atoms with Crippen LogP contribution in [-0.4, -0.2) is 48.1 Å². The van der Waals surface area contributed by atoms with Gasteiger partial charge in [-0.05, 0) is 54.6 Å². The second-order valence-corrected chi connectivity index (χ2v) is 8.08. The van der Waals surface area contributed by atoms with Gasteiger partial charge < -0.3 is 20.2 Å². The van der Waals surface area contributed by atoms with Gasteiger partial charge in [0.1, 0.15) is 5.82 Å². The highest BCUT2D eigenvalue weighted by molar-refractivity contribution is 9.10. The third kappa shape index (κ3) is 4.86. The number of carbonyl (C=O) groups is 2. The Labute approximate surface area is 188 Å². The fourth-order valence-corrected chi connectivity index (χ4v) is 3.85. The summed E-state index contributed by atoms with van der Waals surface area (Å²) in [6.07, 6.45) is 1.77. The minimum Gasteiger partial charge on any atom is -0.478 e. The highest BCUT2D eigenvalue weighted by Gasteiger charge is 2.22. The Morgan fingerprint density at radius 3 is 2.29 bits per heavy atom. The number of hydrogen-bond donors (Lipinski definition) is 2. The highest BCUT2D eigenvalue weighted by Crippen LogP contribution is 2.27. The fraction of sp³-hybridized carbons (Fsp3) is 0.174. The predicted octanol–water partition coefficient (Wildman–Crippen LogP) is 4.12. The first kappa shape index (κ1) is 20.9. The zero-order chi connectivity index (χ0) is 21.8. The van der Waals surface area contributed by atoms with Crippen LogP contribution in [0.5, 0.6) is 0 Å². The molecule has 1 aromatic heterocycles. The van der Waals surface area contributed by atoms with Gasteiger partial charge in [-0.25, -0.2) is 9.78 Å². The number of carboxylic acids is 1. The standard InChI is InChI=1S/C23H21BrN4O3/c24-17-6-4-16(5-7-17)22(29)26-18-8-9-20(19(15-18)23(30)31)27-11-13-28(14-12-27)21-3-1-2-10-25-21/h1-10,15H,11-14H2,(H,26,29)(H,30,31). The zero-order valence-corrected chi connectivity index (χ0v) is 18.2. The quantitative estimate of drug-likeness (QED) is 0.571. The zero-order valence-electron chi connectivity index (χ0n) is 16.7. The molecule has 2 aromatic carbocycles. The molecule has 7 nitrogen and oxygen atoms in total. The molecule has 3 aromatic rings. The minimum absolute atomic E-state index is 0.167. The van der Waals surface area contributed by atoms with Crippen LogP contribution < -0.4 is 15.1 Å². The number of aromatic carboxylic acids is 1. The lowest BCUT2D eigenvalue weighted by atomic mass is 10.1. The number of piperazine rings is 1. The van der Waals surface area contributed by atoms with E-state index in [0.29, 0.717) is 30.0 Å². The number of aromatic nitrogens is 1. The lowest BCUT2D eigenvalue weighted by Gasteiger charge is -2.37. The second-order valence-electron chi connectivity index (χ2n) is 7.16. The molecular formula is C23H21BrN4O3. The number of rotatable bonds is 5. The normalized spacial score (nSPS) is 13.7. The number of nitrogens with zero attached hydrogens (tertiary/aromatic N) is 3. The summed E-state index contributed by atoms with van der Waals surface area (Å²) in [6, 6.07) is 17.8. The maximum atomic E-state index is 12.5. The monoisotopic (exact) mass is 480 g/mol. The minimum atomic E-state index is -1.03. The third-order valence-electron chi connectivity index (χ3n) is 5.18. The molecule has 8 heteroatoms. The van der Waals surface area contributed by atoms with Crippen LogP contribution in [0.1, 0.15) is 20.7 Å². The van der Waals surface area contributed by atoms with Gasteiger partial charge >= 0.3 is 5.97 Å². The molecule has 1 aliphatic heterocycles. The fourth-order valence-electron chi connectivity index (χ4n) is 3.58. The maximum Gasteiger partial charge on any atom is 0.337 e. The van der Waals surface area contributed by atoms with E-state index < -0.39 is 5.97 Å². The number of anilines is 3. The number of hydrogen-bond acceptors (Lipinski definition) is 5. The molecule has 1 amide bonds. The highest BCUT2D eigenvalue weighted by atomic mass is 79.9. The lowest BCUT2D eigenvalue weighted by molar-refractivity contribution is 0.0697. The summed E-state index contributed by atoms with van der Waals surface area (Å²) in [5.41, 5.74) is 1.76. The van der Waals surface area contributed by atoms with E-state index in [1.54, 1.807) is 42.6 Å². The van der Waals surface area contributed by atoms with Crippen molar-refractivity contribution in [3.05, 3.63) is 82.5 Å². The summed E-state index contributed by atoms with van der Waals surface area (Å²) in [5, 5.41) is 12.5. The Hall–Kier alpha value is -3.39. The van der Waals surface area contributed by atoms with E-state index in [-0.39, 0.29) is 11.5 Å². The van der Waals surface area contributed by atoms with Crippen molar-refractivity contribution in [2.75, 3.05) is 41.3 Å². The van der Waals surface area contributed by atoms with E-state index in [1.165, 1.54) is 6.07 Å². The number of carbonyl (C=O) groups excluding carboxylic acids is 1. The second kappa shape index (κ2) is 9.18. The Bertz CT molecular complexity index is 1080. The molecule has 0 atom stereocenters. The Balaban J connectivity index is 1.48. The van der Waals surface area contributed by atoms with Crippen molar-refractivity contribution in [1.29, 1.82) is 0 Å². The number of nitrogens with one attached hydrogen (secondary N) is 1. The number of benzene rings is 2. The molecule has 1 fully saturated rings. The average Bonchev–Trinajstić information content (AvgIpc) is 2.80. The van der Waals surface area contributed by atoms with Crippen molar-refractivity contribution in [1.82, 2.24) is 4.98 Å². The Morgan fingerprint density at radius 1 is 0.935 bits per heavy atom. The van der Waals surface area contributed by atoms with E-state index in [1.807, 2.05) is 18.2 Å². The van der Waals surface area contributed by atoms with Crippen LogP contribution in [-0.2, 0) is 0 Å². The number of carboxylic acid groups (broad SMARTS) is 1. The van der Waals surface area contributed by atoms with Gasteiger partial charge in [0.25, 0.3) is 5.91 Å². The van der Waals surface area contributed by atoms with Gasteiger partial charge in [0.05, 0.1) is 11.3 Å². The molecule has 0 saturated carbocycles. The molecule has 0 aliphatic carbocycles. The third-order valence-corrected chi connectivity index (χ3v) is 5.71. The van der Waals surface area contributed by atoms with Gasteiger partial charge in [0.15, 0.2) is 0 Å². The van der Waals surface area contributed by atoms with Gasteiger partial charge in [0, 0.05) is 48.1 Å². The topological polar surface area (TPSA) is 85.8 Å². The molecular weight excluding hydrogens is 460 g/mol. The first-order valence-electron chi connectivity index (χ1n) is 9.86. The molecule has 4 rings (SSSR count). The van der Waals surface area contributed by atoms with Crippen molar-refractivity contribution in [3.8, 4) is 0 Å².